The van der Waals surface area contributed by atoms with Crippen LogP contribution in [0, 0.1) is 0 Å². The molecule has 1 aliphatic heterocycles. The Labute approximate surface area is 229 Å². The number of carbonyl (C=O) groups excluding carboxylic acids is 1. The number of hydrogen-bond donors (Lipinski definition) is 1. The van der Waals surface area contributed by atoms with E-state index in [4.69, 9.17) is 37.4 Å². The second kappa shape index (κ2) is 11.5. The number of amides is 1. The predicted molar refractivity (Wildman–Crippen MR) is 146 cm³/mol. The summed E-state index contributed by atoms with van der Waals surface area (Å²) in [5.74, 6) is 0.858. The molecule has 38 heavy (non-hydrogen) atoms. The number of ether oxygens (including phenoxy) is 3. The van der Waals surface area contributed by atoms with Gasteiger partial charge in [0.2, 0.25) is 0 Å². The molecule has 9 nitrogen and oxygen atoms in total. The summed E-state index contributed by atoms with van der Waals surface area (Å²) >= 11 is 13.3. The van der Waals surface area contributed by atoms with Gasteiger partial charge in [0.1, 0.15) is 22.8 Å². The summed E-state index contributed by atoms with van der Waals surface area (Å²) in [6.45, 7) is 4.04. The van der Waals surface area contributed by atoms with E-state index in [2.05, 4.69) is 25.2 Å². The molecule has 196 valence electrons. The van der Waals surface area contributed by atoms with Gasteiger partial charge in [-0.25, -0.2) is 4.98 Å². The second-order valence-corrected chi connectivity index (χ2v) is 9.35. The molecule has 1 fully saturated rings. The van der Waals surface area contributed by atoms with Crippen LogP contribution in [0.1, 0.15) is 15.9 Å². The van der Waals surface area contributed by atoms with Crippen molar-refractivity contribution in [2.24, 2.45) is 0 Å². The van der Waals surface area contributed by atoms with Crippen LogP contribution < -0.4 is 14.8 Å². The fraction of sp³-hybridized carbons (Fsp3) is 0.259. The third-order valence-corrected chi connectivity index (χ3v) is 7.04. The Kier molecular flexibility index (Phi) is 7.90. The van der Waals surface area contributed by atoms with Crippen molar-refractivity contribution in [1.29, 1.82) is 0 Å². The highest BCUT2D eigenvalue weighted by Gasteiger charge is 2.23. The highest BCUT2D eigenvalue weighted by Crippen LogP contribution is 2.47. The monoisotopic (exact) mass is 553 g/mol. The molecule has 1 aliphatic rings. The smallest absolute Gasteiger partial charge is 0.259 e. The predicted octanol–water partition coefficient (Wildman–Crippen LogP) is 5.10. The van der Waals surface area contributed by atoms with Crippen LogP contribution in [-0.2, 0) is 11.3 Å². The van der Waals surface area contributed by atoms with Gasteiger partial charge < -0.3 is 19.5 Å². The molecule has 1 amide bonds. The van der Waals surface area contributed by atoms with Crippen LogP contribution in [0.2, 0.25) is 10.0 Å². The minimum Gasteiger partial charge on any atom is -0.495 e. The molecule has 3 heterocycles. The van der Waals surface area contributed by atoms with Gasteiger partial charge in [-0.15, -0.1) is 0 Å². The van der Waals surface area contributed by atoms with E-state index >= 15 is 0 Å². The van der Waals surface area contributed by atoms with Crippen molar-refractivity contribution in [2.75, 3.05) is 45.8 Å². The van der Waals surface area contributed by atoms with Gasteiger partial charge in [-0.2, -0.15) is 0 Å². The Morgan fingerprint density at radius 1 is 0.974 bits per heavy atom. The number of carbonyl (C=O) groups is 1. The quantitative estimate of drug-likeness (QED) is 0.337. The minimum absolute atomic E-state index is 0.295. The summed E-state index contributed by atoms with van der Waals surface area (Å²) in [6.07, 6.45) is 4.84. The number of rotatable bonds is 7. The van der Waals surface area contributed by atoms with Crippen LogP contribution in [0.15, 0.2) is 48.9 Å². The molecule has 0 atom stereocenters. The van der Waals surface area contributed by atoms with E-state index in [0.29, 0.717) is 55.1 Å². The number of fused-ring (bicyclic) bond motifs is 1. The SMILES string of the molecule is COc1cc(OC)c(Cl)c(-c2ccc(C(=O)Nc3ccc(CN4CCOCC4)cn3)c3nccnc23)c1Cl. The van der Waals surface area contributed by atoms with Crippen molar-refractivity contribution in [1.82, 2.24) is 19.9 Å². The lowest BCUT2D eigenvalue weighted by molar-refractivity contribution is 0.0341. The number of halogens is 2. The number of morpholine rings is 1. The van der Waals surface area contributed by atoms with Crippen LogP contribution >= 0.6 is 23.2 Å². The number of anilines is 1. The Balaban J connectivity index is 1.45. The summed E-state index contributed by atoms with van der Waals surface area (Å²) in [7, 11) is 3.01. The van der Waals surface area contributed by atoms with Crippen molar-refractivity contribution in [3.63, 3.8) is 0 Å². The molecular formula is C27H25Cl2N5O4. The van der Waals surface area contributed by atoms with Gasteiger partial charge in [0.25, 0.3) is 5.91 Å². The molecule has 2 aromatic carbocycles. The van der Waals surface area contributed by atoms with Gasteiger partial charge in [-0.05, 0) is 17.7 Å². The molecule has 1 N–H and O–H groups in total. The van der Waals surface area contributed by atoms with Crippen LogP contribution in [0.4, 0.5) is 5.82 Å². The number of nitrogens with one attached hydrogen (secondary N) is 1. The minimum atomic E-state index is -0.365. The van der Waals surface area contributed by atoms with Gasteiger partial charge in [-0.3, -0.25) is 19.7 Å². The zero-order valence-corrected chi connectivity index (χ0v) is 22.3. The maximum atomic E-state index is 13.3. The van der Waals surface area contributed by atoms with Crippen molar-refractivity contribution in [3.8, 4) is 22.6 Å². The third-order valence-electron chi connectivity index (χ3n) is 6.29. The molecule has 0 unspecified atom stereocenters. The Bertz CT molecular complexity index is 1450. The van der Waals surface area contributed by atoms with E-state index in [1.807, 2.05) is 6.07 Å². The second-order valence-electron chi connectivity index (χ2n) is 8.59. The van der Waals surface area contributed by atoms with E-state index in [0.717, 1.165) is 38.4 Å². The summed E-state index contributed by atoms with van der Waals surface area (Å²) in [6, 6.07) is 8.75. The average Bonchev–Trinajstić information content (AvgIpc) is 2.95. The highest BCUT2D eigenvalue weighted by atomic mass is 35.5. The Morgan fingerprint density at radius 3 is 2.29 bits per heavy atom. The molecule has 5 rings (SSSR count). The van der Waals surface area contributed by atoms with Gasteiger partial charge in [0.05, 0.1) is 48.6 Å². The first-order valence-electron chi connectivity index (χ1n) is 11.9. The lowest BCUT2D eigenvalue weighted by Crippen LogP contribution is -2.35. The number of pyridine rings is 1. The summed E-state index contributed by atoms with van der Waals surface area (Å²) < 4.78 is 16.2. The zero-order valence-electron chi connectivity index (χ0n) is 20.8. The number of hydrogen-bond acceptors (Lipinski definition) is 8. The molecule has 0 spiro atoms. The number of aromatic nitrogens is 3. The lowest BCUT2D eigenvalue weighted by Gasteiger charge is -2.26. The normalized spacial score (nSPS) is 13.9. The summed E-state index contributed by atoms with van der Waals surface area (Å²) in [5, 5.41) is 3.45. The van der Waals surface area contributed by atoms with Gasteiger partial charge in [-0.1, -0.05) is 35.3 Å². The van der Waals surface area contributed by atoms with Crippen LogP contribution in [0.25, 0.3) is 22.2 Å². The Hall–Kier alpha value is -3.50. The van der Waals surface area contributed by atoms with Crippen LogP contribution in [0.5, 0.6) is 11.5 Å². The molecule has 2 aromatic heterocycles. The van der Waals surface area contributed by atoms with Crippen LogP contribution in [-0.4, -0.2) is 66.3 Å². The first-order valence-corrected chi connectivity index (χ1v) is 12.7. The maximum Gasteiger partial charge on any atom is 0.259 e. The van der Waals surface area contributed by atoms with Gasteiger partial charge in [0, 0.05) is 55.4 Å². The van der Waals surface area contributed by atoms with Crippen LogP contribution in [0.3, 0.4) is 0 Å². The van der Waals surface area contributed by atoms with Crippen molar-refractivity contribution in [3.05, 3.63) is 70.1 Å². The fourth-order valence-corrected chi connectivity index (χ4v) is 5.06. The molecule has 1 saturated heterocycles. The van der Waals surface area contributed by atoms with Gasteiger partial charge in [0.15, 0.2) is 0 Å². The van der Waals surface area contributed by atoms with E-state index in [-0.39, 0.29) is 5.91 Å². The molecule has 0 bridgehead atoms. The molecule has 0 radical (unpaired) electrons. The summed E-state index contributed by atoms with van der Waals surface area (Å²) in [4.78, 5) is 29.0. The molecular weight excluding hydrogens is 529 g/mol. The molecule has 0 saturated carbocycles. The third kappa shape index (κ3) is 5.23. The molecule has 0 aliphatic carbocycles. The van der Waals surface area contributed by atoms with Crippen molar-refractivity contribution >= 4 is 46.0 Å². The maximum absolute atomic E-state index is 13.3. The van der Waals surface area contributed by atoms with Crippen molar-refractivity contribution in [2.45, 2.75) is 6.54 Å². The molecule has 4 aromatic rings. The molecule has 11 heteroatoms. The van der Waals surface area contributed by atoms with Crippen molar-refractivity contribution < 1.29 is 19.0 Å². The van der Waals surface area contributed by atoms with Gasteiger partial charge >= 0.3 is 0 Å². The van der Waals surface area contributed by atoms with E-state index in [1.165, 1.54) is 20.4 Å². The highest BCUT2D eigenvalue weighted by molar-refractivity contribution is 6.41. The fourth-order valence-electron chi connectivity index (χ4n) is 4.36. The van der Waals surface area contributed by atoms with E-state index in [1.54, 1.807) is 36.7 Å². The topological polar surface area (TPSA) is 98.7 Å². The zero-order chi connectivity index (χ0) is 26.6. The lowest BCUT2D eigenvalue weighted by atomic mass is 9.99. The first-order chi connectivity index (χ1) is 18.5. The van der Waals surface area contributed by atoms with E-state index < -0.39 is 0 Å². The Morgan fingerprint density at radius 2 is 1.66 bits per heavy atom. The van der Waals surface area contributed by atoms with E-state index in [9.17, 15) is 4.79 Å². The standard InChI is InChI=1S/C27H25Cl2N5O4/c1-36-19-13-20(37-2)24(29)22(23(19)28)17-4-5-18(26-25(17)30-7-8-31-26)27(35)33-21-6-3-16(14-32-21)15-34-9-11-38-12-10-34/h3-8,13-14H,9-12,15H2,1-2H3,(H,32,33,35). The first kappa shape index (κ1) is 26.1. The number of methoxy groups -OCH3 is 2. The number of benzene rings is 2. The number of nitrogens with zero attached hydrogens (tertiary/aromatic N) is 4. The average molecular weight is 554 g/mol. The largest absolute Gasteiger partial charge is 0.495 e. The summed E-state index contributed by atoms with van der Waals surface area (Å²) in [5.41, 5.74) is 3.29.